The van der Waals surface area contributed by atoms with Gasteiger partial charge in [0.05, 0.1) is 19.1 Å². The van der Waals surface area contributed by atoms with Gasteiger partial charge in [0.25, 0.3) is 5.69 Å². The van der Waals surface area contributed by atoms with Crippen LogP contribution in [0.1, 0.15) is 28.3 Å². The minimum absolute atomic E-state index is 0.0401. The predicted octanol–water partition coefficient (Wildman–Crippen LogP) is 3.65. The average Bonchev–Trinajstić information content (AvgIpc) is 2.71. The molecule has 0 amide bonds. The van der Waals surface area contributed by atoms with Crippen LogP contribution >= 0.6 is 0 Å². The van der Waals surface area contributed by atoms with Gasteiger partial charge < -0.3 is 9.47 Å². The van der Waals surface area contributed by atoms with Crippen molar-refractivity contribution in [3.63, 3.8) is 0 Å². The van der Waals surface area contributed by atoms with Crippen molar-refractivity contribution in [3.8, 4) is 0 Å². The van der Waals surface area contributed by atoms with Crippen LogP contribution in [0.5, 0.6) is 0 Å². The zero-order valence-electron chi connectivity index (χ0n) is 15.0. The molecule has 0 saturated heterocycles. The zero-order chi connectivity index (χ0) is 19.8. The fourth-order valence-electron chi connectivity index (χ4n) is 2.56. The molecule has 140 valence electrons. The van der Waals surface area contributed by atoms with Crippen molar-refractivity contribution >= 4 is 17.4 Å². The molecule has 0 radical (unpaired) electrons. The van der Waals surface area contributed by atoms with Crippen LogP contribution in [0.25, 0.3) is 0 Å². The first kappa shape index (κ1) is 19.8. The Morgan fingerprint density at radius 3 is 2.19 bits per heavy atom. The van der Waals surface area contributed by atoms with Gasteiger partial charge in [0.15, 0.2) is 5.78 Å². The van der Waals surface area contributed by atoms with Crippen LogP contribution in [0.2, 0.25) is 0 Å². The quantitative estimate of drug-likeness (QED) is 0.176. The highest BCUT2D eigenvalue weighted by molar-refractivity contribution is 5.96. The SMILES string of the molecule is COC(=O)/C(=C\C(CC(=O)c1ccccc1)c1ccc([N+](=O)[O-])cc1)OC. The van der Waals surface area contributed by atoms with Crippen LogP contribution in [-0.2, 0) is 14.3 Å². The first-order valence-electron chi connectivity index (χ1n) is 8.13. The van der Waals surface area contributed by atoms with Crippen LogP contribution in [0.4, 0.5) is 5.69 Å². The smallest absolute Gasteiger partial charge is 0.372 e. The minimum Gasteiger partial charge on any atom is -0.490 e. The molecule has 0 fully saturated rings. The molecule has 0 N–H and O–H groups in total. The van der Waals surface area contributed by atoms with Crippen molar-refractivity contribution in [3.05, 3.63) is 87.7 Å². The van der Waals surface area contributed by atoms with E-state index in [1.54, 1.807) is 36.4 Å². The van der Waals surface area contributed by atoms with Gasteiger partial charge in [-0.3, -0.25) is 14.9 Å². The zero-order valence-corrected chi connectivity index (χ0v) is 15.0. The summed E-state index contributed by atoms with van der Waals surface area (Å²) in [6, 6.07) is 14.6. The number of carbonyl (C=O) groups excluding carboxylic acids is 2. The summed E-state index contributed by atoms with van der Waals surface area (Å²) in [7, 11) is 2.56. The molecular weight excluding hydrogens is 350 g/mol. The lowest BCUT2D eigenvalue weighted by Crippen LogP contribution is -2.11. The Morgan fingerprint density at radius 2 is 1.67 bits per heavy atom. The number of nitro groups is 1. The van der Waals surface area contributed by atoms with E-state index in [0.717, 1.165) is 0 Å². The van der Waals surface area contributed by atoms with Gasteiger partial charge in [-0.05, 0) is 11.6 Å². The summed E-state index contributed by atoms with van der Waals surface area (Å²) in [5.74, 6) is -1.36. The number of allylic oxidation sites excluding steroid dienone is 1. The van der Waals surface area contributed by atoms with Gasteiger partial charge in [-0.25, -0.2) is 4.79 Å². The van der Waals surface area contributed by atoms with Crippen molar-refractivity contribution in [1.82, 2.24) is 0 Å². The summed E-state index contributed by atoms with van der Waals surface area (Å²) in [6.45, 7) is 0. The van der Waals surface area contributed by atoms with Gasteiger partial charge in [0.2, 0.25) is 5.76 Å². The van der Waals surface area contributed by atoms with Crippen LogP contribution < -0.4 is 0 Å². The maximum absolute atomic E-state index is 12.6. The number of non-ortho nitro benzene ring substituents is 1. The largest absolute Gasteiger partial charge is 0.490 e. The number of esters is 1. The second-order valence-corrected chi connectivity index (χ2v) is 5.68. The number of benzene rings is 2. The Morgan fingerprint density at radius 1 is 1.04 bits per heavy atom. The van der Waals surface area contributed by atoms with Gasteiger partial charge in [-0.2, -0.15) is 0 Å². The fraction of sp³-hybridized carbons (Fsp3) is 0.200. The van der Waals surface area contributed by atoms with Crippen LogP contribution in [-0.4, -0.2) is 30.9 Å². The van der Waals surface area contributed by atoms with Gasteiger partial charge in [-0.1, -0.05) is 42.5 Å². The number of hydrogen-bond donors (Lipinski definition) is 0. The van der Waals surface area contributed by atoms with Crippen molar-refractivity contribution in [2.24, 2.45) is 0 Å². The maximum atomic E-state index is 12.6. The summed E-state index contributed by atoms with van der Waals surface area (Å²) >= 11 is 0. The van der Waals surface area contributed by atoms with E-state index in [1.807, 2.05) is 6.07 Å². The Hall–Kier alpha value is -3.48. The Labute approximate surface area is 156 Å². The second kappa shape index (κ2) is 9.28. The molecule has 0 saturated carbocycles. The lowest BCUT2D eigenvalue weighted by molar-refractivity contribution is -0.384. The summed E-state index contributed by atoms with van der Waals surface area (Å²) in [6.07, 6.45) is 1.56. The standard InChI is InChI=1S/C20H19NO6/c1-26-19(20(23)27-2)13-16(12-18(22)15-6-4-3-5-7-15)14-8-10-17(11-9-14)21(24)25/h3-11,13,16H,12H2,1-2H3/b19-13+. The fourth-order valence-corrected chi connectivity index (χ4v) is 2.56. The molecule has 0 aliphatic rings. The van der Waals surface area contributed by atoms with E-state index >= 15 is 0 Å². The number of hydrogen-bond acceptors (Lipinski definition) is 6. The van der Waals surface area contributed by atoms with Gasteiger partial charge in [0, 0.05) is 30.0 Å². The van der Waals surface area contributed by atoms with Crippen LogP contribution in [0.15, 0.2) is 66.4 Å². The van der Waals surface area contributed by atoms with E-state index < -0.39 is 16.8 Å². The van der Waals surface area contributed by atoms with Crippen molar-refractivity contribution in [1.29, 1.82) is 0 Å². The Bertz CT molecular complexity index is 843. The molecule has 27 heavy (non-hydrogen) atoms. The number of carbonyl (C=O) groups is 2. The molecule has 7 heteroatoms. The lowest BCUT2D eigenvalue weighted by Gasteiger charge is -2.14. The molecule has 1 unspecified atom stereocenters. The topological polar surface area (TPSA) is 95.7 Å². The first-order valence-corrected chi connectivity index (χ1v) is 8.13. The third-order valence-corrected chi connectivity index (χ3v) is 3.99. The highest BCUT2D eigenvalue weighted by atomic mass is 16.6. The Balaban J connectivity index is 2.38. The number of nitrogens with zero attached hydrogens (tertiary/aromatic N) is 1. The number of nitro benzene ring substituents is 1. The molecule has 0 bridgehead atoms. The number of methoxy groups -OCH3 is 2. The van der Waals surface area contributed by atoms with Crippen LogP contribution in [0.3, 0.4) is 0 Å². The van der Waals surface area contributed by atoms with E-state index in [2.05, 4.69) is 4.74 Å². The van der Waals surface area contributed by atoms with E-state index in [9.17, 15) is 19.7 Å². The molecule has 2 aromatic rings. The summed E-state index contributed by atoms with van der Waals surface area (Å²) < 4.78 is 9.74. The molecule has 2 rings (SSSR count). The molecule has 0 heterocycles. The van der Waals surface area contributed by atoms with E-state index in [0.29, 0.717) is 11.1 Å². The van der Waals surface area contributed by atoms with E-state index in [1.165, 1.54) is 32.4 Å². The number of rotatable bonds is 8. The molecule has 0 aliphatic carbocycles. The molecule has 0 spiro atoms. The monoisotopic (exact) mass is 369 g/mol. The number of Topliss-reactive ketones (excluding diaryl/α,β-unsaturated/α-hetero) is 1. The number of ether oxygens (including phenoxy) is 2. The van der Waals surface area contributed by atoms with Gasteiger partial charge in [-0.15, -0.1) is 0 Å². The summed E-state index contributed by atoms with van der Waals surface area (Å²) in [4.78, 5) is 34.8. The second-order valence-electron chi connectivity index (χ2n) is 5.68. The Kier molecular flexibility index (Phi) is 6.82. The van der Waals surface area contributed by atoms with Gasteiger partial charge >= 0.3 is 5.97 Å². The first-order chi connectivity index (χ1) is 13.0. The molecule has 7 nitrogen and oxygen atoms in total. The third kappa shape index (κ3) is 5.24. The molecule has 0 aliphatic heterocycles. The maximum Gasteiger partial charge on any atom is 0.372 e. The number of ketones is 1. The van der Waals surface area contributed by atoms with Crippen LogP contribution in [0, 0.1) is 10.1 Å². The molecular formula is C20H19NO6. The minimum atomic E-state index is -0.670. The van der Waals surface area contributed by atoms with Gasteiger partial charge in [0.1, 0.15) is 0 Å². The van der Waals surface area contributed by atoms with Crippen molar-refractivity contribution < 1.29 is 24.0 Å². The molecule has 2 aromatic carbocycles. The molecule has 0 aromatic heterocycles. The van der Waals surface area contributed by atoms with Crippen molar-refractivity contribution in [2.75, 3.05) is 14.2 Å². The average molecular weight is 369 g/mol. The van der Waals surface area contributed by atoms with E-state index in [-0.39, 0.29) is 23.7 Å². The predicted molar refractivity (Wildman–Crippen MR) is 98.3 cm³/mol. The summed E-state index contributed by atoms with van der Waals surface area (Å²) in [5.41, 5.74) is 1.12. The van der Waals surface area contributed by atoms with Crippen molar-refractivity contribution in [2.45, 2.75) is 12.3 Å². The molecule has 1 atom stereocenters. The highest BCUT2D eigenvalue weighted by Gasteiger charge is 2.20. The van der Waals surface area contributed by atoms with E-state index in [4.69, 9.17) is 4.74 Å². The summed E-state index contributed by atoms with van der Waals surface area (Å²) in [5, 5.41) is 10.9. The highest BCUT2D eigenvalue weighted by Crippen LogP contribution is 2.27. The third-order valence-electron chi connectivity index (χ3n) is 3.99. The normalized spacial score (nSPS) is 12.1. The lowest BCUT2D eigenvalue weighted by atomic mass is 9.90.